The zero-order valence-corrected chi connectivity index (χ0v) is 10.8. The number of nitrogens with two attached hydrogens (primary N) is 1. The molecule has 0 amide bonds. The molecule has 0 saturated heterocycles. The highest BCUT2D eigenvalue weighted by atomic mass is 16.5. The number of hydrogen-bond acceptors (Lipinski definition) is 5. The third kappa shape index (κ3) is 3.96. The third-order valence-corrected chi connectivity index (χ3v) is 2.49. The number of ether oxygens (including phenoxy) is 2. The molecule has 0 aromatic carbocycles. The van der Waals surface area contributed by atoms with E-state index in [1.807, 2.05) is 26.8 Å². The predicted molar refractivity (Wildman–Crippen MR) is 66.5 cm³/mol. The summed E-state index contributed by atoms with van der Waals surface area (Å²) in [6.45, 7) is 5.90. The minimum absolute atomic E-state index is 0.0453. The highest BCUT2D eigenvalue weighted by Gasteiger charge is 2.18. The van der Waals surface area contributed by atoms with Gasteiger partial charge >= 0.3 is 0 Å². The van der Waals surface area contributed by atoms with Crippen LogP contribution in [-0.2, 0) is 4.74 Å². The first-order valence-corrected chi connectivity index (χ1v) is 5.69. The maximum Gasteiger partial charge on any atom is 0.138 e. The summed E-state index contributed by atoms with van der Waals surface area (Å²) in [5.74, 6) is 6.27. The Morgan fingerprint density at radius 3 is 2.53 bits per heavy atom. The summed E-state index contributed by atoms with van der Waals surface area (Å²) in [5.41, 5.74) is 3.67. The molecule has 0 aliphatic heterocycles. The van der Waals surface area contributed by atoms with Crippen molar-refractivity contribution < 1.29 is 9.47 Å². The van der Waals surface area contributed by atoms with Gasteiger partial charge in [0.25, 0.3) is 0 Å². The molecule has 0 aliphatic carbocycles. The number of rotatable bonds is 6. The molecule has 17 heavy (non-hydrogen) atoms. The van der Waals surface area contributed by atoms with Crippen molar-refractivity contribution in [2.24, 2.45) is 5.84 Å². The Morgan fingerprint density at radius 2 is 2.00 bits per heavy atom. The lowest BCUT2D eigenvalue weighted by molar-refractivity contribution is 0.0828. The van der Waals surface area contributed by atoms with E-state index < -0.39 is 0 Å². The summed E-state index contributed by atoms with van der Waals surface area (Å²) in [5, 5.41) is 0. The highest BCUT2D eigenvalue weighted by molar-refractivity contribution is 5.26. The average Bonchev–Trinajstić information content (AvgIpc) is 2.29. The average molecular weight is 239 g/mol. The minimum atomic E-state index is -0.108. The molecule has 2 atom stereocenters. The number of hydrazine groups is 1. The molecule has 1 heterocycles. The molecular formula is C12H21N3O2. The molecular weight excluding hydrogens is 218 g/mol. The molecule has 0 fully saturated rings. The Labute approximate surface area is 102 Å². The van der Waals surface area contributed by atoms with Gasteiger partial charge in [-0.3, -0.25) is 16.3 Å². The third-order valence-electron chi connectivity index (χ3n) is 2.49. The SMILES string of the molecule is COC(C)C(NN)c1cncc(OC(C)C)c1. The van der Waals surface area contributed by atoms with Crippen molar-refractivity contribution in [3.63, 3.8) is 0 Å². The largest absolute Gasteiger partial charge is 0.489 e. The highest BCUT2D eigenvalue weighted by Crippen LogP contribution is 2.21. The fourth-order valence-electron chi connectivity index (χ4n) is 1.58. The van der Waals surface area contributed by atoms with Gasteiger partial charge in [0, 0.05) is 13.3 Å². The van der Waals surface area contributed by atoms with E-state index in [0.29, 0.717) is 0 Å². The van der Waals surface area contributed by atoms with Crippen LogP contribution in [0.5, 0.6) is 5.75 Å². The van der Waals surface area contributed by atoms with E-state index in [4.69, 9.17) is 15.3 Å². The van der Waals surface area contributed by atoms with Crippen molar-refractivity contribution in [2.45, 2.75) is 39.0 Å². The van der Waals surface area contributed by atoms with Crippen LogP contribution < -0.4 is 16.0 Å². The van der Waals surface area contributed by atoms with Gasteiger partial charge < -0.3 is 9.47 Å². The lowest BCUT2D eigenvalue weighted by Gasteiger charge is -2.22. The van der Waals surface area contributed by atoms with Crippen LogP contribution in [0.25, 0.3) is 0 Å². The molecule has 0 radical (unpaired) electrons. The van der Waals surface area contributed by atoms with E-state index in [1.54, 1.807) is 19.5 Å². The summed E-state index contributed by atoms with van der Waals surface area (Å²) >= 11 is 0. The lowest BCUT2D eigenvalue weighted by Crippen LogP contribution is -2.36. The van der Waals surface area contributed by atoms with Crippen LogP contribution in [-0.4, -0.2) is 24.3 Å². The van der Waals surface area contributed by atoms with E-state index in [0.717, 1.165) is 11.3 Å². The Hall–Kier alpha value is -1.17. The topological polar surface area (TPSA) is 69.4 Å². The maximum atomic E-state index is 5.59. The van der Waals surface area contributed by atoms with Crippen molar-refractivity contribution >= 4 is 0 Å². The number of aromatic nitrogens is 1. The fourth-order valence-corrected chi connectivity index (χ4v) is 1.58. The second-order valence-corrected chi connectivity index (χ2v) is 4.21. The molecule has 0 saturated carbocycles. The van der Waals surface area contributed by atoms with Crippen molar-refractivity contribution in [1.82, 2.24) is 10.4 Å². The molecule has 5 heteroatoms. The molecule has 0 aliphatic rings. The number of pyridine rings is 1. The van der Waals surface area contributed by atoms with E-state index in [1.165, 1.54) is 0 Å². The lowest BCUT2D eigenvalue weighted by atomic mass is 10.1. The van der Waals surface area contributed by atoms with E-state index in [2.05, 4.69) is 10.4 Å². The predicted octanol–water partition coefficient (Wildman–Crippen LogP) is 1.41. The number of hydrogen-bond donors (Lipinski definition) is 2. The van der Waals surface area contributed by atoms with Crippen LogP contribution in [0.15, 0.2) is 18.5 Å². The smallest absolute Gasteiger partial charge is 0.138 e. The van der Waals surface area contributed by atoms with Gasteiger partial charge in [-0.25, -0.2) is 0 Å². The molecule has 3 N–H and O–H groups in total. The van der Waals surface area contributed by atoms with Crippen molar-refractivity contribution in [1.29, 1.82) is 0 Å². The van der Waals surface area contributed by atoms with Crippen molar-refractivity contribution in [3.05, 3.63) is 24.0 Å². The van der Waals surface area contributed by atoms with Crippen LogP contribution in [0.3, 0.4) is 0 Å². The van der Waals surface area contributed by atoms with Crippen molar-refractivity contribution in [2.75, 3.05) is 7.11 Å². The Balaban J connectivity index is 2.88. The summed E-state index contributed by atoms with van der Waals surface area (Å²) < 4.78 is 10.9. The summed E-state index contributed by atoms with van der Waals surface area (Å²) in [6.07, 6.45) is 3.52. The summed E-state index contributed by atoms with van der Waals surface area (Å²) in [4.78, 5) is 4.15. The van der Waals surface area contributed by atoms with Crippen LogP contribution >= 0.6 is 0 Å². The standard InChI is InChI=1S/C12H21N3O2/c1-8(2)17-11-5-10(6-14-7-11)12(15-13)9(3)16-4/h5-9,12,15H,13H2,1-4H3. The Bertz CT molecular complexity index is 344. The first-order valence-electron chi connectivity index (χ1n) is 5.69. The van der Waals surface area contributed by atoms with Crippen LogP contribution in [0.2, 0.25) is 0 Å². The molecule has 1 rings (SSSR count). The van der Waals surface area contributed by atoms with Crippen LogP contribution in [0, 0.1) is 0 Å². The number of nitrogens with one attached hydrogen (secondary N) is 1. The van der Waals surface area contributed by atoms with Crippen LogP contribution in [0.1, 0.15) is 32.4 Å². The second-order valence-electron chi connectivity index (χ2n) is 4.21. The minimum Gasteiger partial charge on any atom is -0.489 e. The van der Waals surface area contributed by atoms with E-state index in [9.17, 15) is 0 Å². The van der Waals surface area contributed by atoms with E-state index >= 15 is 0 Å². The summed E-state index contributed by atoms with van der Waals surface area (Å²) in [7, 11) is 1.65. The van der Waals surface area contributed by atoms with Gasteiger partial charge in [-0.15, -0.1) is 0 Å². The van der Waals surface area contributed by atoms with Crippen molar-refractivity contribution in [3.8, 4) is 5.75 Å². The van der Waals surface area contributed by atoms with Gasteiger partial charge in [0.1, 0.15) is 5.75 Å². The second kappa shape index (κ2) is 6.54. The zero-order chi connectivity index (χ0) is 12.8. The Kier molecular flexibility index (Phi) is 5.34. The van der Waals surface area contributed by atoms with Gasteiger partial charge in [0.2, 0.25) is 0 Å². The molecule has 2 unspecified atom stereocenters. The normalized spacial score (nSPS) is 14.7. The molecule has 96 valence electrons. The van der Waals surface area contributed by atoms with Gasteiger partial charge in [-0.05, 0) is 32.4 Å². The van der Waals surface area contributed by atoms with Gasteiger partial charge in [0.15, 0.2) is 0 Å². The Morgan fingerprint density at radius 1 is 1.29 bits per heavy atom. The van der Waals surface area contributed by atoms with Gasteiger partial charge in [-0.2, -0.15) is 0 Å². The number of nitrogens with zero attached hydrogens (tertiary/aromatic N) is 1. The zero-order valence-electron chi connectivity index (χ0n) is 10.8. The first-order chi connectivity index (χ1) is 8.08. The number of methoxy groups -OCH3 is 1. The summed E-state index contributed by atoms with van der Waals surface area (Å²) in [6, 6.07) is 1.82. The maximum absolute atomic E-state index is 5.59. The molecule has 5 nitrogen and oxygen atoms in total. The molecule has 0 spiro atoms. The first kappa shape index (κ1) is 13.9. The molecule has 1 aromatic rings. The van der Waals surface area contributed by atoms with Crippen LogP contribution in [0.4, 0.5) is 0 Å². The van der Waals surface area contributed by atoms with Gasteiger partial charge in [0.05, 0.1) is 24.4 Å². The monoisotopic (exact) mass is 239 g/mol. The molecule has 1 aromatic heterocycles. The van der Waals surface area contributed by atoms with E-state index in [-0.39, 0.29) is 18.2 Å². The molecule has 0 bridgehead atoms. The van der Waals surface area contributed by atoms with Gasteiger partial charge in [-0.1, -0.05) is 0 Å². The fraction of sp³-hybridized carbons (Fsp3) is 0.583. The quantitative estimate of drug-likeness (QED) is 0.580.